The number of nitrogens with two attached hydrogens (primary N) is 1. The van der Waals surface area contributed by atoms with Gasteiger partial charge in [-0.3, -0.25) is 4.57 Å². The Labute approximate surface area is 123 Å². The molecule has 2 heterocycles. The lowest BCUT2D eigenvalue weighted by atomic mass is 10.1. The first-order valence-corrected chi connectivity index (χ1v) is 6.50. The summed E-state index contributed by atoms with van der Waals surface area (Å²) in [5, 5.41) is 0.0535. The van der Waals surface area contributed by atoms with Gasteiger partial charge in [-0.15, -0.1) is 0 Å². The van der Waals surface area contributed by atoms with Gasteiger partial charge in [-0.05, 0) is 18.6 Å². The number of nitrogens with one attached hydrogen (secondary N) is 1. The quantitative estimate of drug-likeness (QED) is 0.707. The van der Waals surface area contributed by atoms with Crippen LogP contribution >= 0.6 is 11.6 Å². The number of benzene rings is 1. The van der Waals surface area contributed by atoms with Crippen molar-refractivity contribution in [1.29, 1.82) is 0 Å². The Bertz CT molecular complexity index is 901. The Kier molecular flexibility index (Phi) is 3.13. The van der Waals surface area contributed by atoms with Crippen molar-refractivity contribution in [2.75, 3.05) is 5.73 Å². The normalized spacial score (nSPS) is 11.2. The zero-order valence-corrected chi connectivity index (χ0v) is 11.8. The van der Waals surface area contributed by atoms with E-state index in [9.17, 15) is 9.18 Å². The highest BCUT2D eigenvalue weighted by molar-refractivity contribution is 6.33. The van der Waals surface area contributed by atoms with Crippen molar-refractivity contribution < 1.29 is 4.39 Å². The maximum atomic E-state index is 13.9. The van der Waals surface area contributed by atoms with Crippen LogP contribution in [0.2, 0.25) is 5.15 Å². The summed E-state index contributed by atoms with van der Waals surface area (Å²) in [5.74, 6) is -0.436. The van der Waals surface area contributed by atoms with E-state index in [0.717, 1.165) is 5.56 Å². The minimum absolute atomic E-state index is 0.0255. The van der Waals surface area contributed by atoms with E-state index in [-0.39, 0.29) is 34.6 Å². The molecule has 0 aliphatic carbocycles. The van der Waals surface area contributed by atoms with E-state index in [1.54, 1.807) is 19.1 Å². The molecular weight excluding hydrogens is 297 g/mol. The summed E-state index contributed by atoms with van der Waals surface area (Å²) in [4.78, 5) is 22.3. The van der Waals surface area contributed by atoms with Gasteiger partial charge in [0.2, 0.25) is 5.95 Å². The molecule has 3 aromatic rings. The SMILES string of the molecule is Cc1ccc(Cn2c(=O)[nH]c3c(Cl)nc(N)nc32)c(F)c1. The first kappa shape index (κ1) is 13.6. The van der Waals surface area contributed by atoms with Crippen molar-refractivity contribution in [3.63, 3.8) is 0 Å². The van der Waals surface area contributed by atoms with Crippen LogP contribution in [-0.2, 0) is 6.54 Å². The third-order valence-electron chi connectivity index (χ3n) is 3.13. The van der Waals surface area contributed by atoms with E-state index >= 15 is 0 Å². The van der Waals surface area contributed by atoms with Gasteiger partial charge in [0.15, 0.2) is 10.8 Å². The van der Waals surface area contributed by atoms with Gasteiger partial charge < -0.3 is 10.7 Å². The van der Waals surface area contributed by atoms with Gasteiger partial charge in [-0.25, -0.2) is 9.18 Å². The minimum Gasteiger partial charge on any atom is -0.368 e. The predicted octanol–water partition coefficient (Wildman–Crippen LogP) is 1.85. The third kappa shape index (κ3) is 2.36. The maximum absolute atomic E-state index is 13.9. The van der Waals surface area contributed by atoms with Crippen molar-refractivity contribution in [3.05, 3.63) is 50.8 Å². The smallest absolute Gasteiger partial charge is 0.328 e. The molecule has 1 aromatic carbocycles. The average molecular weight is 308 g/mol. The second-order valence-corrected chi connectivity index (χ2v) is 5.04. The topological polar surface area (TPSA) is 89.6 Å². The number of aryl methyl sites for hydroxylation is 1. The van der Waals surface area contributed by atoms with Crippen LogP contribution in [0.5, 0.6) is 0 Å². The average Bonchev–Trinajstić information content (AvgIpc) is 2.70. The minimum atomic E-state index is -0.452. The Morgan fingerprint density at radius 1 is 1.43 bits per heavy atom. The number of imidazole rings is 1. The van der Waals surface area contributed by atoms with Gasteiger partial charge in [0.25, 0.3) is 0 Å². The molecule has 21 heavy (non-hydrogen) atoms. The number of nitrogen functional groups attached to an aromatic ring is 1. The summed E-state index contributed by atoms with van der Waals surface area (Å²) >= 11 is 5.91. The highest BCUT2D eigenvalue weighted by Crippen LogP contribution is 2.19. The number of hydrogen-bond donors (Lipinski definition) is 2. The van der Waals surface area contributed by atoms with Crippen molar-refractivity contribution in [2.45, 2.75) is 13.5 Å². The molecule has 6 nitrogen and oxygen atoms in total. The third-order valence-corrected chi connectivity index (χ3v) is 3.41. The number of rotatable bonds is 2. The number of hydrogen-bond acceptors (Lipinski definition) is 4. The number of fused-ring (bicyclic) bond motifs is 1. The zero-order valence-electron chi connectivity index (χ0n) is 11.0. The fraction of sp³-hybridized carbons (Fsp3) is 0.154. The molecule has 3 rings (SSSR count). The van der Waals surface area contributed by atoms with E-state index < -0.39 is 5.69 Å². The number of nitrogens with zero attached hydrogens (tertiary/aromatic N) is 3. The van der Waals surface area contributed by atoms with Gasteiger partial charge in [0.05, 0.1) is 6.54 Å². The molecular formula is C13H11ClFN5O. The largest absolute Gasteiger partial charge is 0.368 e. The van der Waals surface area contributed by atoms with Crippen LogP contribution < -0.4 is 11.4 Å². The van der Waals surface area contributed by atoms with Crippen LogP contribution in [0, 0.1) is 12.7 Å². The van der Waals surface area contributed by atoms with Crippen molar-refractivity contribution in [3.8, 4) is 0 Å². The number of aromatic nitrogens is 4. The number of aromatic amines is 1. The molecule has 0 spiro atoms. The van der Waals surface area contributed by atoms with Crippen LogP contribution in [0.1, 0.15) is 11.1 Å². The molecule has 0 atom stereocenters. The number of halogens is 2. The monoisotopic (exact) mass is 307 g/mol. The summed E-state index contributed by atoms with van der Waals surface area (Å²) in [7, 11) is 0. The summed E-state index contributed by atoms with van der Waals surface area (Å²) in [5.41, 5.74) is 6.79. The second kappa shape index (κ2) is 4.85. The van der Waals surface area contributed by atoms with E-state index in [1.165, 1.54) is 10.6 Å². The van der Waals surface area contributed by atoms with E-state index in [0.29, 0.717) is 5.56 Å². The van der Waals surface area contributed by atoms with Crippen LogP contribution in [0.25, 0.3) is 11.2 Å². The molecule has 0 saturated heterocycles. The molecule has 0 unspecified atom stereocenters. The van der Waals surface area contributed by atoms with Crippen molar-refractivity contribution >= 4 is 28.7 Å². The van der Waals surface area contributed by atoms with E-state index in [2.05, 4.69) is 15.0 Å². The molecule has 0 aliphatic rings. The fourth-order valence-electron chi connectivity index (χ4n) is 2.11. The Balaban J connectivity index is 2.16. The molecule has 0 fully saturated rings. The highest BCUT2D eigenvalue weighted by Gasteiger charge is 2.15. The molecule has 0 amide bonds. The summed E-state index contributed by atoms with van der Waals surface area (Å²) in [6.45, 7) is 1.82. The summed E-state index contributed by atoms with van der Waals surface area (Å²) < 4.78 is 15.2. The Morgan fingerprint density at radius 2 is 2.19 bits per heavy atom. The van der Waals surface area contributed by atoms with Crippen molar-refractivity contribution in [2.24, 2.45) is 0 Å². The summed E-state index contributed by atoms with van der Waals surface area (Å²) in [6, 6.07) is 4.81. The Hall–Kier alpha value is -2.41. The van der Waals surface area contributed by atoms with Crippen LogP contribution in [0.3, 0.4) is 0 Å². The number of H-pyrrole nitrogens is 1. The molecule has 0 saturated carbocycles. The lowest BCUT2D eigenvalue weighted by Gasteiger charge is -2.06. The van der Waals surface area contributed by atoms with E-state index in [4.69, 9.17) is 17.3 Å². The van der Waals surface area contributed by atoms with Crippen LogP contribution in [-0.4, -0.2) is 19.5 Å². The standard InChI is InChI=1S/C13H11ClFN5O/c1-6-2-3-7(8(15)4-6)5-20-11-9(17-13(20)21)10(14)18-12(16)19-11/h2-4H,5H2,1H3,(H,17,21)(H2,16,18,19). The first-order chi connectivity index (χ1) is 9.95. The van der Waals surface area contributed by atoms with Gasteiger partial charge in [0.1, 0.15) is 11.3 Å². The van der Waals surface area contributed by atoms with Crippen LogP contribution in [0.4, 0.5) is 10.3 Å². The molecule has 0 radical (unpaired) electrons. The predicted molar refractivity (Wildman–Crippen MR) is 77.8 cm³/mol. The van der Waals surface area contributed by atoms with Gasteiger partial charge in [-0.1, -0.05) is 23.7 Å². The van der Waals surface area contributed by atoms with Crippen molar-refractivity contribution in [1.82, 2.24) is 19.5 Å². The highest BCUT2D eigenvalue weighted by atomic mass is 35.5. The van der Waals surface area contributed by atoms with Gasteiger partial charge >= 0.3 is 5.69 Å². The lowest BCUT2D eigenvalue weighted by molar-refractivity contribution is 0.597. The fourth-order valence-corrected chi connectivity index (χ4v) is 2.33. The lowest BCUT2D eigenvalue weighted by Crippen LogP contribution is -2.18. The zero-order chi connectivity index (χ0) is 15.1. The second-order valence-electron chi connectivity index (χ2n) is 4.68. The van der Waals surface area contributed by atoms with Gasteiger partial charge in [-0.2, -0.15) is 9.97 Å². The number of anilines is 1. The maximum Gasteiger partial charge on any atom is 0.328 e. The molecule has 0 aliphatic heterocycles. The Morgan fingerprint density at radius 3 is 2.90 bits per heavy atom. The summed E-state index contributed by atoms with van der Waals surface area (Å²) in [6.07, 6.45) is 0. The molecule has 8 heteroatoms. The van der Waals surface area contributed by atoms with Gasteiger partial charge in [0, 0.05) is 5.56 Å². The molecule has 0 bridgehead atoms. The molecule has 2 aromatic heterocycles. The van der Waals surface area contributed by atoms with Crippen LogP contribution in [0.15, 0.2) is 23.0 Å². The molecule has 108 valence electrons. The first-order valence-electron chi connectivity index (χ1n) is 6.12. The van der Waals surface area contributed by atoms with E-state index in [1.807, 2.05) is 0 Å². The molecule has 3 N–H and O–H groups in total.